The van der Waals surface area contributed by atoms with Crippen molar-refractivity contribution in [3.63, 3.8) is 0 Å². The summed E-state index contributed by atoms with van der Waals surface area (Å²) < 4.78 is 1.70. The van der Waals surface area contributed by atoms with E-state index in [2.05, 4.69) is 4.98 Å². The van der Waals surface area contributed by atoms with Gasteiger partial charge in [-0.05, 0) is 35.7 Å². The standard InChI is InChI=1S/C22H18ClN3O3/c23-15-7-5-14(6-8-15)17-11-22(17)16-3-1-2-4-19(16)26(21(22)29)10-9-25-12-18(20(27)28)24-13-25/h1-8,12-13,17H,9-11H2,(H,27,28). The normalized spacial score (nSPS) is 22.2. The van der Waals surface area contributed by atoms with Crippen LogP contribution in [0.25, 0.3) is 0 Å². The van der Waals surface area contributed by atoms with Gasteiger partial charge in [0.05, 0.1) is 11.7 Å². The van der Waals surface area contributed by atoms with E-state index in [4.69, 9.17) is 16.7 Å². The highest BCUT2D eigenvalue weighted by molar-refractivity contribution is 6.30. The molecule has 0 saturated heterocycles. The second-order valence-electron chi connectivity index (χ2n) is 7.56. The van der Waals surface area contributed by atoms with Crippen LogP contribution in [0, 0.1) is 0 Å². The third kappa shape index (κ3) is 2.75. The Hall–Kier alpha value is -3.12. The number of aromatic nitrogens is 2. The Labute approximate surface area is 172 Å². The SMILES string of the molecule is O=C(O)c1cn(CCN2C(=O)C3(CC3c3ccc(Cl)cc3)c3ccccc32)cn1. The molecular formula is C22H18ClN3O3. The summed E-state index contributed by atoms with van der Waals surface area (Å²) in [4.78, 5) is 30.2. The lowest BCUT2D eigenvalue weighted by Crippen LogP contribution is -2.35. The highest BCUT2D eigenvalue weighted by Gasteiger charge is 2.66. The molecule has 1 fully saturated rings. The molecule has 2 heterocycles. The zero-order chi connectivity index (χ0) is 20.2. The Morgan fingerprint density at radius 1 is 1.17 bits per heavy atom. The molecule has 2 unspecified atom stereocenters. The first-order valence-corrected chi connectivity index (χ1v) is 9.80. The van der Waals surface area contributed by atoms with Crippen molar-refractivity contribution in [2.24, 2.45) is 0 Å². The number of para-hydroxylation sites is 1. The predicted molar refractivity (Wildman–Crippen MR) is 108 cm³/mol. The van der Waals surface area contributed by atoms with Crippen molar-refractivity contribution in [3.8, 4) is 0 Å². The van der Waals surface area contributed by atoms with Gasteiger partial charge >= 0.3 is 5.97 Å². The molecule has 7 heteroatoms. The second kappa shape index (κ2) is 6.46. The topological polar surface area (TPSA) is 75.4 Å². The van der Waals surface area contributed by atoms with E-state index in [9.17, 15) is 9.59 Å². The third-order valence-electron chi connectivity index (χ3n) is 5.97. The molecule has 1 saturated carbocycles. The average Bonchev–Trinajstić information content (AvgIpc) is 3.20. The molecule has 2 aromatic carbocycles. The summed E-state index contributed by atoms with van der Waals surface area (Å²) in [5, 5.41) is 9.72. The Morgan fingerprint density at radius 3 is 2.66 bits per heavy atom. The molecule has 1 aliphatic heterocycles. The van der Waals surface area contributed by atoms with Gasteiger partial charge in [-0.15, -0.1) is 0 Å². The van der Waals surface area contributed by atoms with E-state index in [-0.39, 0.29) is 17.5 Å². The van der Waals surface area contributed by atoms with Gasteiger partial charge in [0.25, 0.3) is 0 Å². The molecule has 2 atom stereocenters. The number of aromatic carboxylic acids is 1. The number of carbonyl (C=O) groups excluding carboxylic acids is 1. The molecule has 29 heavy (non-hydrogen) atoms. The van der Waals surface area contributed by atoms with E-state index in [0.29, 0.717) is 18.1 Å². The van der Waals surface area contributed by atoms with Crippen molar-refractivity contribution in [2.45, 2.75) is 24.3 Å². The van der Waals surface area contributed by atoms with Gasteiger partial charge in [0.15, 0.2) is 5.69 Å². The molecule has 1 amide bonds. The van der Waals surface area contributed by atoms with E-state index in [1.807, 2.05) is 53.4 Å². The lowest BCUT2D eigenvalue weighted by Gasteiger charge is -2.18. The molecule has 6 nitrogen and oxygen atoms in total. The molecule has 2 aliphatic rings. The summed E-state index contributed by atoms with van der Waals surface area (Å²) in [5.41, 5.74) is 2.63. The highest BCUT2D eigenvalue weighted by atomic mass is 35.5. The lowest BCUT2D eigenvalue weighted by atomic mass is 9.92. The molecule has 0 bridgehead atoms. The van der Waals surface area contributed by atoms with Gasteiger partial charge in [-0.3, -0.25) is 4.79 Å². The molecule has 1 aromatic heterocycles. The summed E-state index contributed by atoms with van der Waals surface area (Å²) in [6.45, 7) is 0.933. The largest absolute Gasteiger partial charge is 0.476 e. The maximum absolute atomic E-state index is 13.5. The van der Waals surface area contributed by atoms with Crippen molar-refractivity contribution in [3.05, 3.63) is 82.9 Å². The first-order valence-electron chi connectivity index (χ1n) is 9.43. The van der Waals surface area contributed by atoms with Gasteiger partial charge < -0.3 is 14.6 Å². The average molecular weight is 408 g/mol. The third-order valence-corrected chi connectivity index (χ3v) is 6.22. The highest BCUT2D eigenvalue weighted by Crippen LogP contribution is 2.66. The number of anilines is 1. The number of nitrogens with zero attached hydrogens (tertiary/aromatic N) is 3. The number of carboxylic acids is 1. The van der Waals surface area contributed by atoms with Crippen molar-refractivity contribution in [2.75, 3.05) is 11.4 Å². The number of imidazole rings is 1. The minimum atomic E-state index is -1.06. The van der Waals surface area contributed by atoms with Crippen LogP contribution < -0.4 is 4.90 Å². The zero-order valence-corrected chi connectivity index (χ0v) is 16.2. The monoisotopic (exact) mass is 407 g/mol. The van der Waals surface area contributed by atoms with E-state index >= 15 is 0 Å². The van der Waals surface area contributed by atoms with E-state index in [0.717, 1.165) is 23.2 Å². The number of halogens is 1. The summed E-state index contributed by atoms with van der Waals surface area (Å²) in [6, 6.07) is 15.7. The smallest absolute Gasteiger partial charge is 0.356 e. The molecule has 3 aromatic rings. The maximum atomic E-state index is 13.5. The first kappa shape index (κ1) is 17.9. The molecule has 1 aliphatic carbocycles. The van der Waals surface area contributed by atoms with Crippen molar-refractivity contribution in [1.82, 2.24) is 9.55 Å². The van der Waals surface area contributed by atoms with Gasteiger partial charge in [-0.25, -0.2) is 9.78 Å². The van der Waals surface area contributed by atoms with Gasteiger partial charge in [0, 0.05) is 35.9 Å². The molecule has 146 valence electrons. The minimum absolute atomic E-state index is 0.000357. The molecule has 1 N–H and O–H groups in total. The first-order chi connectivity index (χ1) is 14.0. The number of carbonyl (C=O) groups is 2. The van der Waals surface area contributed by atoms with E-state index < -0.39 is 11.4 Å². The van der Waals surface area contributed by atoms with Gasteiger partial charge in [-0.2, -0.15) is 0 Å². The molecular weight excluding hydrogens is 390 g/mol. The number of benzene rings is 2. The van der Waals surface area contributed by atoms with Crippen LogP contribution in [0.5, 0.6) is 0 Å². The Balaban J connectivity index is 1.42. The summed E-state index contributed by atoms with van der Waals surface area (Å²) in [7, 11) is 0. The van der Waals surface area contributed by atoms with E-state index in [1.165, 1.54) is 12.5 Å². The van der Waals surface area contributed by atoms with Crippen LogP contribution in [0.15, 0.2) is 61.1 Å². The fraction of sp³-hybridized carbons (Fsp3) is 0.227. The second-order valence-corrected chi connectivity index (χ2v) is 7.99. The van der Waals surface area contributed by atoms with Crippen molar-refractivity contribution < 1.29 is 14.7 Å². The van der Waals surface area contributed by atoms with E-state index in [1.54, 1.807) is 4.57 Å². The van der Waals surface area contributed by atoms with Crippen LogP contribution in [0.1, 0.15) is 34.0 Å². The Kier molecular flexibility index (Phi) is 3.99. The summed E-state index contributed by atoms with van der Waals surface area (Å²) in [6.07, 6.45) is 3.76. The summed E-state index contributed by atoms with van der Waals surface area (Å²) >= 11 is 6.02. The number of rotatable bonds is 5. The summed E-state index contributed by atoms with van der Waals surface area (Å²) in [5.74, 6) is -0.809. The van der Waals surface area contributed by atoms with Crippen LogP contribution in [0.2, 0.25) is 5.02 Å². The predicted octanol–water partition coefficient (Wildman–Crippen LogP) is 3.71. The number of fused-ring (bicyclic) bond motifs is 2. The quantitative estimate of drug-likeness (QED) is 0.699. The van der Waals surface area contributed by atoms with Gasteiger partial charge in [-0.1, -0.05) is 41.9 Å². The maximum Gasteiger partial charge on any atom is 0.356 e. The Bertz CT molecular complexity index is 1120. The number of hydrogen-bond acceptors (Lipinski definition) is 3. The Morgan fingerprint density at radius 2 is 1.93 bits per heavy atom. The van der Waals surface area contributed by atoms with Crippen LogP contribution >= 0.6 is 11.6 Å². The molecule has 5 rings (SSSR count). The van der Waals surface area contributed by atoms with Gasteiger partial charge in [0.1, 0.15) is 0 Å². The number of amides is 1. The van der Waals surface area contributed by atoms with Crippen LogP contribution in [-0.4, -0.2) is 33.1 Å². The fourth-order valence-electron chi connectivity index (χ4n) is 4.48. The fourth-order valence-corrected chi connectivity index (χ4v) is 4.60. The molecule has 0 radical (unpaired) electrons. The van der Waals surface area contributed by atoms with Crippen LogP contribution in [0.3, 0.4) is 0 Å². The number of hydrogen-bond donors (Lipinski definition) is 1. The van der Waals surface area contributed by atoms with Crippen LogP contribution in [0.4, 0.5) is 5.69 Å². The lowest BCUT2D eigenvalue weighted by molar-refractivity contribution is -0.120. The van der Waals surface area contributed by atoms with Crippen molar-refractivity contribution >= 4 is 29.2 Å². The van der Waals surface area contributed by atoms with Crippen molar-refractivity contribution in [1.29, 1.82) is 0 Å². The number of carboxylic acid groups (broad SMARTS) is 1. The van der Waals surface area contributed by atoms with Gasteiger partial charge in [0.2, 0.25) is 5.91 Å². The molecule has 1 spiro atoms. The zero-order valence-electron chi connectivity index (χ0n) is 15.5. The van der Waals surface area contributed by atoms with Crippen LogP contribution in [-0.2, 0) is 16.8 Å². The minimum Gasteiger partial charge on any atom is -0.476 e.